The van der Waals surface area contributed by atoms with Crippen LogP contribution in [-0.2, 0) is 14.3 Å². The third-order valence-corrected chi connectivity index (χ3v) is 5.27. The molecule has 1 saturated carbocycles. The largest absolute Gasteiger partial charge is 0.462 e. The topological polar surface area (TPSA) is 38.8 Å². The van der Waals surface area contributed by atoms with E-state index >= 15 is 0 Å². The van der Waals surface area contributed by atoms with Crippen LogP contribution >= 0.6 is 0 Å². The fourth-order valence-electron chi connectivity index (χ4n) is 4.02. The van der Waals surface area contributed by atoms with Crippen LogP contribution in [0.2, 0.25) is 0 Å². The molecule has 118 valence electrons. The Morgan fingerprint density at radius 2 is 2.00 bits per heavy atom. The van der Waals surface area contributed by atoms with E-state index in [0.29, 0.717) is 30.5 Å². The number of epoxide rings is 1. The molecule has 3 heteroatoms. The molecule has 0 N–H and O–H groups in total. The second-order valence-corrected chi connectivity index (χ2v) is 6.79. The Kier molecular flexibility index (Phi) is 4.99. The summed E-state index contributed by atoms with van der Waals surface area (Å²) in [4.78, 5) is 12.0. The summed E-state index contributed by atoms with van der Waals surface area (Å²) < 4.78 is 11.5. The molecule has 2 aliphatic heterocycles. The molecule has 5 atom stereocenters. The van der Waals surface area contributed by atoms with Crippen LogP contribution in [0.1, 0.15) is 64.7 Å². The van der Waals surface area contributed by atoms with Crippen molar-refractivity contribution in [2.75, 3.05) is 0 Å². The van der Waals surface area contributed by atoms with Crippen LogP contribution in [0.5, 0.6) is 0 Å². The van der Waals surface area contributed by atoms with Crippen molar-refractivity contribution < 1.29 is 14.3 Å². The molecule has 0 radical (unpaired) electrons. The van der Waals surface area contributed by atoms with Crippen LogP contribution in [0.15, 0.2) is 12.2 Å². The molecule has 0 spiro atoms. The molecular formula is C18H28O3. The number of ether oxygens (including phenoxy) is 2. The highest BCUT2D eigenvalue weighted by Crippen LogP contribution is 2.49. The summed E-state index contributed by atoms with van der Waals surface area (Å²) in [5.41, 5.74) is 0. The highest BCUT2D eigenvalue weighted by Gasteiger charge is 2.56. The lowest BCUT2D eigenvalue weighted by molar-refractivity contribution is -0.153. The molecule has 0 bridgehead atoms. The second kappa shape index (κ2) is 6.95. The Morgan fingerprint density at radius 1 is 1.19 bits per heavy atom. The van der Waals surface area contributed by atoms with Gasteiger partial charge in [-0.2, -0.15) is 0 Å². The van der Waals surface area contributed by atoms with E-state index < -0.39 is 0 Å². The minimum Gasteiger partial charge on any atom is -0.462 e. The number of fused-ring (bicyclic) bond motifs is 3. The van der Waals surface area contributed by atoms with Crippen LogP contribution in [0.4, 0.5) is 0 Å². The molecule has 1 aliphatic carbocycles. The van der Waals surface area contributed by atoms with E-state index in [0.717, 1.165) is 25.7 Å². The first-order chi connectivity index (χ1) is 10.3. The molecule has 21 heavy (non-hydrogen) atoms. The van der Waals surface area contributed by atoms with Crippen LogP contribution < -0.4 is 0 Å². The third kappa shape index (κ3) is 3.68. The van der Waals surface area contributed by atoms with Crippen LogP contribution in [0.25, 0.3) is 0 Å². The van der Waals surface area contributed by atoms with E-state index in [2.05, 4.69) is 19.1 Å². The summed E-state index contributed by atoms with van der Waals surface area (Å²) in [6.45, 7) is 2.13. The van der Waals surface area contributed by atoms with E-state index in [1.807, 2.05) is 0 Å². The summed E-state index contributed by atoms with van der Waals surface area (Å²) in [6, 6.07) is 0. The molecule has 2 heterocycles. The zero-order chi connectivity index (χ0) is 14.7. The highest BCUT2D eigenvalue weighted by molar-refractivity contribution is 5.69. The van der Waals surface area contributed by atoms with Crippen molar-refractivity contribution in [3.8, 4) is 0 Å². The van der Waals surface area contributed by atoms with Gasteiger partial charge in [0.2, 0.25) is 0 Å². The average Bonchev–Trinajstić information content (AvgIpc) is 3.16. The zero-order valence-corrected chi connectivity index (χ0v) is 13.1. The molecule has 1 unspecified atom stereocenters. The number of carbonyl (C=O) groups is 1. The second-order valence-electron chi connectivity index (χ2n) is 6.79. The van der Waals surface area contributed by atoms with Crippen molar-refractivity contribution >= 4 is 5.97 Å². The van der Waals surface area contributed by atoms with Crippen molar-refractivity contribution in [1.82, 2.24) is 0 Å². The number of rotatable bonds is 1. The number of esters is 1. The maximum Gasteiger partial charge on any atom is 0.306 e. The van der Waals surface area contributed by atoms with E-state index in [9.17, 15) is 4.79 Å². The number of carbonyl (C=O) groups excluding carboxylic acids is 1. The van der Waals surface area contributed by atoms with Gasteiger partial charge in [0.25, 0.3) is 0 Å². The van der Waals surface area contributed by atoms with Crippen molar-refractivity contribution in [2.24, 2.45) is 11.8 Å². The van der Waals surface area contributed by atoms with Crippen LogP contribution in [0.3, 0.4) is 0 Å². The molecule has 0 aromatic heterocycles. The van der Waals surface area contributed by atoms with Crippen molar-refractivity contribution in [3.63, 3.8) is 0 Å². The minimum absolute atomic E-state index is 0.00290. The van der Waals surface area contributed by atoms with Gasteiger partial charge in [-0.15, -0.1) is 0 Å². The molecule has 0 aromatic rings. The van der Waals surface area contributed by atoms with Crippen LogP contribution in [-0.4, -0.2) is 24.3 Å². The average molecular weight is 292 g/mol. The van der Waals surface area contributed by atoms with Gasteiger partial charge in [0.15, 0.2) is 0 Å². The fourth-order valence-corrected chi connectivity index (χ4v) is 4.02. The first-order valence-corrected chi connectivity index (χ1v) is 8.81. The number of hydrogen-bond acceptors (Lipinski definition) is 3. The first-order valence-electron chi connectivity index (χ1n) is 8.81. The maximum atomic E-state index is 12.0. The third-order valence-electron chi connectivity index (χ3n) is 5.27. The lowest BCUT2D eigenvalue weighted by Crippen LogP contribution is -2.31. The van der Waals surface area contributed by atoms with Gasteiger partial charge in [-0.05, 0) is 32.1 Å². The number of cyclic esters (lactones) is 1. The van der Waals surface area contributed by atoms with E-state index in [1.54, 1.807) is 0 Å². The molecule has 0 amide bonds. The van der Waals surface area contributed by atoms with E-state index in [1.165, 1.54) is 25.7 Å². The van der Waals surface area contributed by atoms with Gasteiger partial charge >= 0.3 is 5.97 Å². The monoisotopic (exact) mass is 292 g/mol. The lowest BCUT2D eigenvalue weighted by atomic mass is 9.87. The van der Waals surface area contributed by atoms with Crippen molar-refractivity contribution in [3.05, 3.63) is 12.2 Å². The SMILES string of the molecule is CC[C@@H]1OC(=O)CCCCCCC/C=C\[C@H]2[C@H]1CC1O[C@@H]12. The Balaban J connectivity index is 1.69. The molecule has 2 fully saturated rings. The Bertz CT molecular complexity index is 390. The summed E-state index contributed by atoms with van der Waals surface area (Å²) >= 11 is 0. The van der Waals surface area contributed by atoms with Gasteiger partial charge in [-0.3, -0.25) is 4.79 Å². The van der Waals surface area contributed by atoms with E-state index in [4.69, 9.17) is 9.47 Å². The Hall–Kier alpha value is -0.830. The summed E-state index contributed by atoms with van der Waals surface area (Å²) in [7, 11) is 0. The van der Waals surface area contributed by atoms with Gasteiger partial charge in [0.05, 0.1) is 12.2 Å². The summed E-state index contributed by atoms with van der Waals surface area (Å²) in [5.74, 6) is 0.917. The number of hydrogen-bond donors (Lipinski definition) is 0. The smallest absolute Gasteiger partial charge is 0.306 e. The van der Waals surface area contributed by atoms with Crippen LogP contribution in [0, 0.1) is 11.8 Å². The Labute approximate surface area is 128 Å². The highest BCUT2D eigenvalue weighted by atomic mass is 16.6. The van der Waals surface area contributed by atoms with Gasteiger partial charge in [0, 0.05) is 18.3 Å². The van der Waals surface area contributed by atoms with E-state index in [-0.39, 0.29) is 12.1 Å². The summed E-state index contributed by atoms with van der Waals surface area (Å²) in [5, 5.41) is 0. The molecule has 3 rings (SSSR count). The molecule has 1 saturated heterocycles. The number of allylic oxidation sites excluding steroid dienone is 1. The normalized spacial score (nSPS) is 42.3. The molecule has 3 aliphatic rings. The quantitative estimate of drug-likeness (QED) is 0.416. The fraction of sp³-hybridized carbons (Fsp3) is 0.833. The maximum absolute atomic E-state index is 12.0. The molecule has 3 nitrogen and oxygen atoms in total. The summed E-state index contributed by atoms with van der Waals surface area (Å²) in [6.07, 6.45) is 15.2. The molecule has 0 aromatic carbocycles. The first kappa shape index (κ1) is 15.1. The van der Waals surface area contributed by atoms with Crippen molar-refractivity contribution in [1.29, 1.82) is 0 Å². The predicted octanol–water partition coefficient (Wildman–Crippen LogP) is 4.01. The van der Waals surface area contributed by atoms with Gasteiger partial charge in [-0.1, -0.05) is 38.3 Å². The van der Waals surface area contributed by atoms with Gasteiger partial charge in [-0.25, -0.2) is 0 Å². The van der Waals surface area contributed by atoms with Crippen molar-refractivity contribution in [2.45, 2.75) is 83.0 Å². The Morgan fingerprint density at radius 3 is 2.86 bits per heavy atom. The zero-order valence-electron chi connectivity index (χ0n) is 13.1. The van der Waals surface area contributed by atoms with Gasteiger partial charge < -0.3 is 9.47 Å². The lowest BCUT2D eigenvalue weighted by Gasteiger charge is -2.28. The van der Waals surface area contributed by atoms with Gasteiger partial charge in [0.1, 0.15) is 6.10 Å². The predicted molar refractivity (Wildman–Crippen MR) is 81.9 cm³/mol. The standard InChI is InChI=1S/C18H28O3/c1-2-15-14-12-16-18(21-16)13(14)10-8-6-4-3-5-7-9-11-17(19)20-15/h8,10,13-16,18H,2-7,9,11-12H2,1H3/b10-8-/t13-,14+,15-,16?,18+/m0/s1. The molecular weight excluding hydrogens is 264 g/mol. The minimum atomic E-state index is 0.00290.